The normalized spacial score (nSPS) is 22.4. The second-order valence-corrected chi connectivity index (χ2v) is 9.45. The van der Waals surface area contributed by atoms with Gasteiger partial charge in [0.1, 0.15) is 18.1 Å². The third-order valence-electron chi connectivity index (χ3n) is 7.10. The lowest BCUT2D eigenvalue weighted by atomic mass is 9.93. The largest absolute Gasteiger partial charge is 0.496 e. The quantitative estimate of drug-likeness (QED) is 0.654. The van der Waals surface area contributed by atoms with Crippen LogP contribution in [0.3, 0.4) is 0 Å². The molecule has 34 heavy (non-hydrogen) atoms. The number of methoxy groups -OCH3 is 2. The molecule has 0 aliphatic carbocycles. The zero-order valence-corrected chi connectivity index (χ0v) is 20.8. The third-order valence-corrected chi connectivity index (χ3v) is 7.10. The zero-order valence-electron chi connectivity index (χ0n) is 20.8. The van der Waals surface area contributed by atoms with Crippen LogP contribution in [-0.2, 0) is 11.3 Å². The molecule has 0 N–H and O–H groups in total. The van der Waals surface area contributed by atoms with Crippen LogP contribution in [0.1, 0.15) is 53.6 Å². The highest BCUT2D eigenvalue weighted by atomic mass is 16.5. The van der Waals surface area contributed by atoms with Gasteiger partial charge in [-0.3, -0.25) is 9.69 Å². The van der Waals surface area contributed by atoms with Gasteiger partial charge in [0.25, 0.3) is 5.91 Å². The van der Waals surface area contributed by atoms with Gasteiger partial charge in [0.15, 0.2) is 0 Å². The molecule has 1 saturated heterocycles. The van der Waals surface area contributed by atoms with Gasteiger partial charge >= 0.3 is 0 Å². The molecule has 2 atom stereocenters. The van der Waals surface area contributed by atoms with E-state index >= 15 is 0 Å². The summed E-state index contributed by atoms with van der Waals surface area (Å²) in [7, 11) is 3.51. The molecule has 184 valence electrons. The van der Waals surface area contributed by atoms with Crippen LogP contribution in [0.25, 0.3) is 0 Å². The third kappa shape index (κ3) is 5.91. The number of nitrogens with zero attached hydrogens (tertiary/aromatic N) is 2. The maximum absolute atomic E-state index is 13.4. The Hall–Kier alpha value is -2.57. The monoisotopic (exact) mass is 466 g/mol. The van der Waals surface area contributed by atoms with Crippen molar-refractivity contribution in [3.05, 3.63) is 59.2 Å². The number of amides is 1. The van der Waals surface area contributed by atoms with Gasteiger partial charge in [-0.1, -0.05) is 24.6 Å². The molecule has 1 fully saturated rings. The average molecular weight is 467 g/mol. The van der Waals surface area contributed by atoms with Crippen LogP contribution < -0.4 is 9.47 Å². The summed E-state index contributed by atoms with van der Waals surface area (Å²) in [4.78, 5) is 17.9. The molecule has 0 unspecified atom stereocenters. The lowest BCUT2D eigenvalue weighted by Crippen LogP contribution is -2.51. The molecule has 0 radical (unpaired) electrons. The Morgan fingerprint density at radius 2 is 1.88 bits per heavy atom. The molecule has 4 rings (SSSR count). The van der Waals surface area contributed by atoms with Crippen LogP contribution in [0.2, 0.25) is 0 Å². The number of ether oxygens (including phenoxy) is 3. The smallest absolute Gasteiger partial charge is 0.254 e. The van der Waals surface area contributed by atoms with Crippen molar-refractivity contribution in [2.75, 3.05) is 40.5 Å². The van der Waals surface area contributed by atoms with Crippen LogP contribution in [0.5, 0.6) is 11.5 Å². The van der Waals surface area contributed by atoms with E-state index in [-0.39, 0.29) is 18.1 Å². The van der Waals surface area contributed by atoms with Crippen LogP contribution in [0, 0.1) is 6.92 Å². The Kier molecular flexibility index (Phi) is 8.46. The highest BCUT2D eigenvalue weighted by molar-refractivity contribution is 5.95. The van der Waals surface area contributed by atoms with Gasteiger partial charge < -0.3 is 19.1 Å². The van der Waals surface area contributed by atoms with E-state index in [9.17, 15) is 4.79 Å². The molecular formula is C28H38N2O4. The Balaban J connectivity index is 1.54. The van der Waals surface area contributed by atoms with Crippen molar-refractivity contribution in [1.29, 1.82) is 0 Å². The molecule has 2 heterocycles. The molecule has 2 aromatic carbocycles. The van der Waals surface area contributed by atoms with E-state index in [2.05, 4.69) is 30.0 Å². The number of rotatable bonds is 4. The zero-order chi connectivity index (χ0) is 23.9. The number of benzene rings is 2. The molecule has 2 aliphatic heterocycles. The van der Waals surface area contributed by atoms with E-state index < -0.39 is 0 Å². The van der Waals surface area contributed by atoms with E-state index in [1.54, 1.807) is 14.2 Å². The van der Waals surface area contributed by atoms with E-state index in [0.717, 1.165) is 69.8 Å². The standard InChI is InChI=1S/C28H38N2O4/c1-21-12-13-23(27(18-21)33-3)20-29-14-5-4-10-25-26(32-2)11-7-15-30(25)28(31)22-8-6-9-24(19-22)34-17-16-29/h6,8-9,12-13,18-19,25-26H,4-5,7,10-11,14-17,20H2,1-3H3/t25-,26-/m1/s1. The van der Waals surface area contributed by atoms with Crippen molar-refractivity contribution in [2.45, 2.75) is 57.7 Å². The van der Waals surface area contributed by atoms with Crippen molar-refractivity contribution in [2.24, 2.45) is 0 Å². The summed E-state index contributed by atoms with van der Waals surface area (Å²) in [6, 6.07) is 14.1. The first kappa shape index (κ1) is 24.6. The first-order valence-corrected chi connectivity index (χ1v) is 12.5. The second kappa shape index (κ2) is 11.7. The summed E-state index contributed by atoms with van der Waals surface area (Å²) in [5.74, 6) is 1.77. The molecule has 0 saturated carbocycles. The van der Waals surface area contributed by atoms with E-state index in [1.807, 2.05) is 29.2 Å². The second-order valence-electron chi connectivity index (χ2n) is 9.45. The van der Waals surface area contributed by atoms with E-state index in [0.29, 0.717) is 12.2 Å². The van der Waals surface area contributed by atoms with Gasteiger partial charge in [0.2, 0.25) is 0 Å². The summed E-state index contributed by atoms with van der Waals surface area (Å²) in [6.07, 6.45) is 5.15. The van der Waals surface area contributed by atoms with Crippen LogP contribution in [0.4, 0.5) is 0 Å². The fourth-order valence-electron chi connectivity index (χ4n) is 5.25. The Morgan fingerprint density at radius 1 is 1.00 bits per heavy atom. The summed E-state index contributed by atoms with van der Waals surface area (Å²) in [6.45, 7) is 6.05. The maximum Gasteiger partial charge on any atom is 0.254 e. The van der Waals surface area contributed by atoms with Crippen molar-refractivity contribution in [3.8, 4) is 11.5 Å². The minimum Gasteiger partial charge on any atom is -0.496 e. The maximum atomic E-state index is 13.4. The van der Waals surface area contributed by atoms with Crippen molar-refractivity contribution < 1.29 is 19.0 Å². The molecule has 0 spiro atoms. The fourth-order valence-corrected chi connectivity index (χ4v) is 5.25. The Morgan fingerprint density at radius 3 is 2.71 bits per heavy atom. The van der Waals surface area contributed by atoms with Crippen LogP contribution in [0.15, 0.2) is 42.5 Å². The van der Waals surface area contributed by atoms with Gasteiger partial charge in [-0.25, -0.2) is 0 Å². The number of fused-ring (bicyclic) bond motifs is 3. The summed E-state index contributed by atoms with van der Waals surface area (Å²) >= 11 is 0. The lowest BCUT2D eigenvalue weighted by molar-refractivity contribution is -0.0156. The SMILES string of the molecule is COc1cc(C)ccc1CN1CCCC[C@@H]2[C@H](OC)CCCN2C(=O)c2cccc(c2)OCC1. The summed E-state index contributed by atoms with van der Waals surface area (Å²) in [5, 5.41) is 0. The highest BCUT2D eigenvalue weighted by Gasteiger charge is 2.34. The predicted molar refractivity (Wildman–Crippen MR) is 134 cm³/mol. The molecular weight excluding hydrogens is 428 g/mol. The number of hydrogen-bond acceptors (Lipinski definition) is 5. The van der Waals surface area contributed by atoms with Gasteiger partial charge in [0, 0.05) is 37.9 Å². The molecule has 6 heteroatoms. The van der Waals surface area contributed by atoms with E-state index in [4.69, 9.17) is 14.2 Å². The molecule has 2 bridgehead atoms. The van der Waals surface area contributed by atoms with E-state index in [1.165, 1.54) is 11.1 Å². The molecule has 2 aliphatic rings. The van der Waals surface area contributed by atoms with Gasteiger partial charge in [-0.15, -0.1) is 0 Å². The van der Waals surface area contributed by atoms with Crippen LogP contribution >= 0.6 is 0 Å². The molecule has 1 amide bonds. The van der Waals surface area contributed by atoms with Gasteiger partial charge in [-0.05, 0) is 69.0 Å². The molecule has 2 aromatic rings. The first-order valence-electron chi connectivity index (χ1n) is 12.5. The summed E-state index contributed by atoms with van der Waals surface area (Å²) in [5.41, 5.74) is 3.08. The van der Waals surface area contributed by atoms with Crippen molar-refractivity contribution in [1.82, 2.24) is 9.80 Å². The average Bonchev–Trinajstić information content (AvgIpc) is 2.86. The van der Waals surface area contributed by atoms with Crippen LogP contribution in [-0.4, -0.2) is 68.3 Å². The lowest BCUT2D eigenvalue weighted by Gasteiger charge is -2.41. The fraction of sp³-hybridized carbons (Fsp3) is 0.536. The number of piperidine rings is 1. The highest BCUT2D eigenvalue weighted by Crippen LogP contribution is 2.28. The Labute approximate surface area is 203 Å². The van der Waals surface area contributed by atoms with Gasteiger partial charge in [0.05, 0.1) is 19.3 Å². The minimum absolute atomic E-state index is 0.0855. The molecule has 0 aromatic heterocycles. The van der Waals surface area contributed by atoms with Gasteiger partial charge in [-0.2, -0.15) is 0 Å². The number of carbonyl (C=O) groups is 1. The molecule has 6 nitrogen and oxygen atoms in total. The number of carbonyl (C=O) groups excluding carboxylic acids is 1. The van der Waals surface area contributed by atoms with Crippen molar-refractivity contribution in [3.63, 3.8) is 0 Å². The topological polar surface area (TPSA) is 51.2 Å². The Bertz CT molecular complexity index is 963. The van der Waals surface area contributed by atoms with Crippen molar-refractivity contribution >= 4 is 5.91 Å². The minimum atomic E-state index is 0.0855. The number of hydrogen-bond donors (Lipinski definition) is 0. The first-order chi connectivity index (χ1) is 16.6. The number of aryl methyl sites for hydroxylation is 1. The predicted octanol–water partition coefficient (Wildman–Crippen LogP) is 4.69. The summed E-state index contributed by atoms with van der Waals surface area (Å²) < 4.78 is 17.6.